The summed E-state index contributed by atoms with van der Waals surface area (Å²) < 4.78 is 5.28. The quantitative estimate of drug-likeness (QED) is 0.126. The lowest BCUT2D eigenvalue weighted by molar-refractivity contribution is -0.148. The number of hydrogen-bond acceptors (Lipinski definition) is 13. The Kier molecular flexibility index (Phi) is 19.2. The van der Waals surface area contributed by atoms with Crippen molar-refractivity contribution in [3.63, 3.8) is 0 Å². The molecular weight excluding hydrogens is 844 g/mol. The normalized spacial score (nSPS) is 27.2. The average molecular weight is 905 g/mol. The first kappa shape index (κ1) is 50.2. The lowest BCUT2D eigenvalue weighted by Crippen LogP contribution is -2.65. The predicted molar refractivity (Wildman–Crippen MR) is 220 cm³/mol. The van der Waals surface area contributed by atoms with Crippen LogP contribution in [0.3, 0.4) is 0 Å². The van der Waals surface area contributed by atoms with E-state index in [0.29, 0.717) is 25.7 Å². The number of nitrogens with one attached hydrogen (secondary N) is 10. The van der Waals surface area contributed by atoms with Crippen LogP contribution in [-0.4, -0.2) is 184 Å². The van der Waals surface area contributed by atoms with Crippen LogP contribution in [0, 0.1) is 11.8 Å². The molecule has 5 atom stereocenters. The number of carbonyl (C=O) groups is 12. The summed E-state index contributed by atoms with van der Waals surface area (Å²) in [5.74, 6) is -8.99. The number of nitrogens with zero attached hydrogens (tertiary/aromatic N) is 2. The van der Waals surface area contributed by atoms with Gasteiger partial charge in [0.15, 0.2) is 0 Å². The van der Waals surface area contributed by atoms with E-state index >= 15 is 0 Å². The van der Waals surface area contributed by atoms with E-state index in [-0.39, 0.29) is 57.5 Å². The molecule has 4 aliphatic rings. The van der Waals surface area contributed by atoms with Gasteiger partial charge in [-0.2, -0.15) is 0 Å². The largest absolute Gasteiger partial charge is 0.378 e. The predicted octanol–water partition coefficient (Wildman–Crippen LogP) is -6.64. The number of amides is 12. The van der Waals surface area contributed by atoms with Crippen molar-refractivity contribution in [2.45, 2.75) is 76.4 Å². The SMILES string of the molecule is CC[C@H](C)C1CCCC12NC(=O)CNC(=O)CNC(=O)CNC(=O)CNC(=O)CNC(=O)CNC(=O)CC(C(=O)N1CCOCC1)NC(=O)CNC(=O)CNC(=O)C1CCCN1C2=O. The van der Waals surface area contributed by atoms with Gasteiger partial charge in [0.1, 0.15) is 17.6 Å². The van der Waals surface area contributed by atoms with Crippen LogP contribution in [0.4, 0.5) is 0 Å². The van der Waals surface area contributed by atoms with Gasteiger partial charge in [-0.3, -0.25) is 57.5 Å². The van der Waals surface area contributed by atoms with E-state index in [1.54, 1.807) is 0 Å². The lowest BCUT2D eigenvalue weighted by Gasteiger charge is -2.41. The highest BCUT2D eigenvalue weighted by atomic mass is 16.5. The molecule has 0 aromatic carbocycles. The molecule has 4 fully saturated rings. The molecule has 3 heterocycles. The molecule has 25 nitrogen and oxygen atoms in total. The Morgan fingerprint density at radius 1 is 0.609 bits per heavy atom. The summed E-state index contributed by atoms with van der Waals surface area (Å²) in [5, 5.41) is 23.9. The molecule has 4 rings (SSSR count). The van der Waals surface area contributed by atoms with Gasteiger partial charge in [0.2, 0.25) is 70.9 Å². The third kappa shape index (κ3) is 14.9. The zero-order chi connectivity index (χ0) is 46.8. The fourth-order valence-electron chi connectivity index (χ4n) is 8.01. The van der Waals surface area contributed by atoms with Crippen molar-refractivity contribution in [3.8, 4) is 0 Å². The standard InChI is InChI=1S/C39H60N12O13/c1-3-23(2)24-6-4-8-39(24)38(63)51-9-5-7-26(51)36(61)47-20-33(58)45-21-34(59)48-25(37(62)50-10-12-64-13-11-50)14-27(52)40-15-28(53)41-16-29(54)42-17-30(55)43-18-31(56)44-19-32(57)46-22-35(60)49-39/h23-26H,3-22H2,1-2H3,(H,40,52)(H,41,53)(H,42,54)(H,43,55)(H,44,56)(H,45,58)(H,46,57)(H,47,61)(H,48,59)(H,49,60)/t23-,24?,25?,26?,39?/m0/s1. The number of hydrogen-bond donors (Lipinski definition) is 10. The molecule has 1 saturated carbocycles. The minimum absolute atomic E-state index is 0.0116. The molecule has 4 unspecified atom stereocenters. The van der Waals surface area contributed by atoms with Crippen LogP contribution >= 0.6 is 0 Å². The molecule has 0 radical (unpaired) electrons. The van der Waals surface area contributed by atoms with Gasteiger partial charge in [-0.05, 0) is 37.5 Å². The molecule has 1 aliphatic carbocycles. The number of carbonyl (C=O) groups excluding carboxylic acids is 12. The van der Waals surface area contributed by atoms with Crippen molar-refractivity contribution in [2.75, 3.05) is 85.2 Å². The molecule has 64 heavy (non-hydrogen) atoms. The Labute approximate surface area is 369 Å². The highest BCUT2D eigenvalue weighted by Gasteiger charge is 2.55. The maximum atomic E-state index is 14.6. The molecule has 354 valence electrons. The van der Waals surface area contributed by atoms with Gasteiger partial charge in [0.05, 0.1) is 72.0 Å². The lowest BCUT2D eigenvalue weighted by atomic mass is 9.76. The van der Waals surface area contributed by atoms with Crippen LogP contribution in [0.2, 0.25) is 0 Å². The van der Waals surface area contributed by atoms with Gasteiger partial charge in [-0.1, -0.05) is 26.7 Å². The zero-order valence-corrected chi connectivity index (χ0v) is 36.2. The van der Waals surface area contributed by atoms with Gasteiger partial charge < -0.3 is 67.7 Å². The van der Waals surface area contributed by atoms with E-state index in [4.69, 9.17) is 4.74 Å². The van der Waals surface area contributed by atoms with Crippen molar-refractivity contribution in [3.05, 3.63) is 0 Å². The van der Waals surface area contributed by atoms with E-state index in [0.717, 1.165) is 0 Å². The molecule has 0 bridgehead atoms. The van der Waals surface area contributed by atoms with E-state index in [1.165, 1.54) is 9.80 Å². The monoisotopic (exact) mass is 904 g/mol. The third-order valence-electron chi connectivity index (χ3n) is 11.5. The molecular formula is C39H60N12O13. The van der Waals surface area contributed by atoms with E-state index in [1.807, 2.05) is 13.8 Å². The Morgan fingerprint density at radius 3 is 1.59 bits per heavy atom. The van der Waals surface area contributed by atoms with Crippen molar-refractivity contribution in [2.24, 2.45) is 11.8 Å². The van der Waals surface area contributed by atoms with Crippen molar-refractivity contribution in [1.82, 2.24) is 63.0 Å². The van der Waals surface area contributed by atoms with Gasteiger partial charge >= 0.3 is 0 Å². The van der Waals surface area contributed by atoms with Gasteiger partial charge in [-0.25, -0.2) is 0 Å². The van der Waals surface area contributed by atoms with Crippen LogP contribution in [-0.2, 0) is 62.3 Å². The summed E-state index contributed by atoms with van der Waals surface area (Å²) >= 11 is 0. The van der Waals surface area contributed by atoms with E-state index < -0.39 is 147 Å². The van der Waals surface area contributed by atoms with Crippen molar-refractivity contribution in [1.29, 1.82) is 0 Å². The molecule has 12 amide bonds. The molecule has 1 spiro atoms. The maximum Gasteiger partial charge on any atom is 0.249 e. The van der Waals surface area contributed by atoms with Crippen LogP contribution in [0.1, 0.15) is 58.8 Å². The first-order valence-electron chi connectivity index (χ1n) is 21.5. The molecule has 10 N–H and O–H groups in total. The van der Waals surface area contributed by atoms with Crippen LogP contribution < -0.4 is 53.2 Å². The van der Waals surface area contributed by atoms with E-state index in [2.05, 4.69) is 53.2 Å². The summed E-state index contributed by atoms with van der Waals surface area (Å²) in [5.41, 5.74) is -1.40. The van der Waals surface area contributed by atoms with Crippen molar-refractivity contribution >= 4 is 70.9 Å². The Balaban J connectivity index is 1.47. The molecule has 0 aromatic heterocycles. The zero-order valence-electron chi connectivity index (χ0n) is 36.2. The summed E-state index contributed by atoms with van der Waals surface area (Å²) in [6, 6.07) is -2.39. The van der Waals surface area contributed by atoms with Gasteiger partial charge in [0, 0.05) is 19.6 Å². The summed E-state index contributed by atoms with van der Waals surface area (Å²) in [4.78, 5) is 158. The number of fused-ring (bicyclic) bond motifs is 1. The fourth-order valence-corrected chi connectivity index (χ4v) is 8.01. The topological polar surface area (TPSA) is 341 Å². The highest BCUT2D eigenvalue weighted by Crippen LogP contribution is 2.43. The second kappa shape index (κ2) is 24.4. The first-order chi connectivity index (χ1) is 30.5. The number of rotatable bonds is 3. The molecule has 25 heteroatoms. The summed E-state index contributed by atoms with van der Waals surface area (Å²) in [6.45, 7) is 0.301. The Hall–Kier alpha value is -6.40. The molecule has 0 aromatic rings. The van der Waals surface area contributed by atoms with Crippen molar-refractivity contribution < 1.29 is 62.3 Å². The smallest absolute Gasteiger partial charge is 0.249 e. The minimum atomic E-state index is -1.41. The molecule has 3 saturated heterocycles. The van der Waals surface area contributed by atoms with Gasteiger partial charge in [0.25, 0.3) is 0 Å². The third-order valence-corrected chi connectivity index (χ3v) is 11.5. The Morgan fingerprint density at radius 2 is 1.08 bits per heavy atom. The Bertz CT molecular complexity index is 1810. The average Bonchev–Trinajstić information content (AvgIpc) is 3.96. The minimum Gasteiger partial charge on any atom is -0.378 e. The highest BCUT2D eigenvalue weighted by molar-refractivity contribution is 5.99. The maximum absolute atomic E-state index is 14.6. The second-order valence-corrected chi connectivity index (χ2v) is 16.0. The summed E-state index contributed by atoms with van der Waals surface area (Å²) in [6.07, 6.45) is 2.34. The second-order valence-electron chi connectivity index (χ2n) is 16.0. The number of ether oxygens (including phenoxy) is 1. The van der Waals surface area contributed by atoms with Crippen LogP contribution in [0.15, 0.2) is 0 Å². The summed E-state index contributed by atoms with van der Waals surface area (Å²) in [7, 11) is 0. The fraction of sp³-hybridized carbons (Fsp3) is 0.692. The number of morpholine rings is 1. The van der Waals surface area contributed by atoms with Gasteiger partial charge in [-0.15, -0.1) is 0 Å². The molecule has 3 aliphatic heterocycles. The van der Waals surface area contributed by atoms with Crippen LogP contribution in [0.5, 0.6) is 0 Å². The van der Waals surface area contributed by atoms with E-state index in [9.17, 15) is 57.5 Å². The van der Waals surface area contributed by atoms with Crippen LogP contribution in [0.25, 0.3) is 0 Å². The first-order valence-corrected chi connectivity index (χ1v) is 21.5.